The van der Waals surface area contributed by atoms with Gasteiger partial charge in [-0.3, -0.25) is 0 Å². The van der Waals surface area contributed by atoms with Gasteiger partial charge < -0.3 is 5.11 Å². The van der Waals surface area contributed by atoms with Crippen molar-refractivity contribution in [3.05, 3.63) is 84.4 Å². The van der Waals surface area contributed by atoms with Gasteiger partial charge in [0.05, 0.1) is 5.69 Å². The lowest BCUT2D eigenvalue weighted by atomic mass is 10.2. The number of nitrogens with zero attached hydrogens (tertiary/aromatic N) is 5. The molecule has 28 heavy (non-hydrogen) atoms. The molecule has 0 atom stereocenters. The molecule has 0 amide bonds. The summed E-state index contributed by atoms with van der Waals surface area (Å²) in [5.74, 6) is 0.0127. The highest BCUT2D eigenvalue weighted by Crippen LogP contribution is 2.32. The zero-order valence-corrected chi connectivity index (χ0v) is 15.5. The number of para-hydroxylation sites is 1. The first-order valence-electron chi connectivity index (χ1n) is 8.51. The summed E-state index contributed by atoms with van der Waals surface area (Å²) in [5.41, 5.74) is 2.60. The van der Waals surface area contributed by atoms with Crippen LogP contribution < -0.4 is 0 Å². The third kappa shape index (κ3) is 4.16. The normalized spacial score (nSPS) is 11.4. The van der Waals surface area contributed by atoms with Gasteiger partial charge >= 0.3 is 0 Å². The van der Waals surface area contributed by atoms with Crippen molar-refractivity contribution in [2.75, 3.05) is 0 Å². The molecule has 0 bridgehead atoms. The number of phenols is 1. The third-order valence-corrected chi connectivity index (χ3v) is 4.70. The molecule has 0 unspecified atom stereocenters. The molecule has 0 aliphatic heterocycles. The highest BCUT2D eigenvalue weighted by atomic mass is 32.1. The largest absolute Gasteiger partial charge is 0.505 e. The van der Waals surface area contributed by atoms with Gasteiger partial charge in [-0.2, -0.15) is 5.11 Å². The quantitative estimate of drug-likeness (QED) is 0.334. The molecule has 0 aliphatic rings. The van der Waals surface area contributed by atoms with Gasteiger partial charge in [0.15, 0.2) is 5.75 Å². The first-order valence-corrected chi connectivity index (χ1v) is 9.33. The number of benzene rings is 3. The van der Waals surface area contributed by atoms with Crippen LogP contribution in [-0.4, -0.2) is 21.5 Å². The first kappa shape index (κ1) is 17.7. The number of hydrogen-bond acceptors (Lipinski definition) is 7. The maximum atomic E-state index is 10.5. The zero-order valence-electron chi connectivity index (χ0n) is 14.7. The van der Waals surface area contributed by atoms with Gasteiger partial charge in [0, 0.05) is 17.3 Å². The second-order valence-corrected chi connectivity index (χ2v) is 6.72. The number of hydrogen-bond donors (Lipinski definition) is 1. The molecule has 0 saturated heterocycles. The molecule has 7 heteroatoms. The number of aromatic hydroxyl groups is 1. The van der Waals surface area contributed by atoms with Crippen LogP contribution in [-0.2, 0) is 0 Å². The van der Waals surface area contributed by atoms with Crippen molar-refractivity contribution in [3.8, 4) is 16.3 Å². The highest BCUT2D eigenvalue weighted by molar-refractivity contribution is 7.18. The van der Waals surface area contributed by atoms with E-state index < -0.39 is 0 Å². The van der Waals surface area contributed by atoms with Crippen LogP contribution in [0.15, 0.2) is 94.1 Å². The fourth-order valence-corrected chi connectivity index (χ4v) is 3.13. The molecule has 0 aliphatic carbocycles. The number of phenolic OH excluding ortho intramolecular Hbond substituents is 1. The predicted molar refractivity (Wildman–Crippen MR) is 111 cm³/mol. The minimum Gasteiger partial charge on any atom is -0.505 e. The smallest absolute Gasteiger partial charge is 0.231 e. The molecule has 0 fully saturated rings. The van der Waals surface area contributed by atoms with Crippen LogP contribution in [0.4, 0.5) is 16.5 Å². The molecule has 3 aromatic carbocycles. The molecule has 4 aromatic rings. The zero-order chi connectivity index (χ0) is 19.2. The van der Waals surface area contributed by atoms with Crippen molar-refractivity contribution in [1.82, 2.24) is 10.2 Å². The maximum Gasteiger partial charge on any atom is 0.231 e. The van der Waals surface area contributed by atoms with E-state index in [0.29, 0.717) is 22.1 Å². The number of aromatic nitrogens is 2. The summed E-state index contributed by atoms with van der Waals surface area (Å²) >= 11 is 1.38. The summed E-state index contributed by atoms with van der Waals surface area (Å²) in [6, 6.07) is 24.4. The molecule has 0 radical (unpaired) electrons. The fraction of sp³-hybridized carbons (Fsp3) is 0. The maximum absolute atomic E-state index is 10.5. The average molecular weight is 385 g/mol. The summed E-state index contributed by atoms with van der Waals surface area (Å²) in [5, 5.41) is 28.3. The minimum atomic E-state index is 0.0127. The molecule has 136 valence electrons. The number of azo groups is 1. The summed E-state index contributed by atoms with van der Waals surface area (Å²) in [4.78, 5) is 4.33. The molecule has 0 saturated carbocycles. The third-order valence-electron chi connectivity index (χ3n) is 3.82. The Kier molecular flexibility index (Phi) is 5.26. The summed E-state index contributed by atoms with van der Waals surface area (Å²) < 4.78 is 0. The SMILES string of the molecule is Oc1c(/C=N/c2nnc(-c3ccccc3)s2)cccc1N=Nc1ccccc1. The van der Waals surface area contributed by atoms with Crippen LogP contribution in [0.5, 0.6) is 5.75 Å². The van der Waals surface area contributed by atoms with Crippen LogP contribution in [0.1, 0.15) is 5.56 Å². The molecule has 4 rings (SSSR count). The predicted octanol–water partition coefficient (Wildman–Crippen LogP) is 6.08. The van der Waals surface area contributed by atoms with Crippen molar-refractivity contribution in [3.63, 3.8) is 0 Å². The van der Waals surface area contributed by atoms with Crippen molar-refractivity contribution < 1.29 is 5.11 Å². The molecular formula is C21H15N5OS. The lowest BCUT2D eigenvalue weighted by Crippen LogP contribution is -1.82. The topological polar surface area (TPSA) is 83.1 Å². The van der Waals surface area contributed by atoms with Gasteiger partial charge in [-0.25, -0.2) is 4.99 Å². The van der Waals surface area contributed by atoms with Crippen LogP contribution in [0.25, 0.3) is 10.6 Å². The number of aliphatic imine (C=N–C) groups is 1. The van der Waals surface area contributed by atoms with Crippen molar-refractivity contribution in [1.29, 1.82) is 0 Å². The monoisotopic (exact) mass is 385 g/mol. The van der Waals surface area contributed by atoms with Crippen molar-refractivity contribution >= 4 is 34.1 Å². The number of rotatable bonds is 5. The van der Waals surface area contributed by atoms with Crippen molar-refractivity contribution in [2.45, 2.75) is 0 Å². The summed E-state index contributed by atoms with van der Waals surface area (Å²) in [6.45, 7) is 0. The Morgan fingerprint density at radius 3 is 2.32 bits per heavy atom. The van der Waals surface area contributed by atoms with Gasteiger partial charge in [-0.05, 0) is 24.3 Å². The Balaban J connectivity index is 1.54. The van der Waals surface area contributed by atoms with E-state index in [1.54, 1.807) is 24.4 Å². The van der Waals surface area contributed by atoms with Crippen LogP contribution in [0.2, 0.25) is 0 Å². The summed E-state index contributed by atoms with van der Waals surface area (Å²) in [6.07, 6.45) is 1.55. The minimum absolute atomic E-state index is 0.0127. The van der Waals surface area contributed by atoms with E-state index in [9.17, 15) is 5.11 Å². The standard InChI is InChI=1S/C21H15N5OS/c27-19-16(10-7-13-18(19)24-23-17-11-5-2-6-12-17)14-22-21-26-25-20(28-21)15-8-3-1-4-9-15/h1-14,27H/b22-14+,24-23?. The van der Waals surface area contributed by atoms with Gasteiger partial charge in [0.1, 0.15) is 10.7 Å². The van der Waals surface area contributed by atoms with Gasteiger partial charge in [-0.1, -0.05) is 65.9 Å². The second kappa shape index (κ2) is 8.32. The van der Waals surface area contributed by atoms with Gasteiger partial charge in [0.2, 0.25) is 5.13 Å². The van der Waals surface area contributed by atoms with Crippen LogP contribution in [0.3, 0.4) is 0 Å². The van der Waals surface area contributed by atoms with E-state index >= 15 is 0 Å². The Labute approximate surface area is 165 Å². The van der Waals surface area contributed by atoms with Crippen LogP contribution in [0, 0.1) is 0 Å². The Bertz CT molecular complexity index is 1120. The molecule has 1 heterocycles. The van der Waals surface area contributed by atoms with E-state index in [0.717, 1.165) is 10.6 Å². The van der Waals surface area contributed by atoms with E-state index in [4.69, 9.17) is 0 Å². The lowest BCUT2D eigenvalue weighted by molar-refractivity contribution is 0.475. The second-order valence-electron chi connectivity index (χ2n) is 5.76. The van der Waals surface area contributed by atoms with E-state index in [-0.39, 0.29) is 5.75 Å². The van der Waals surface area contributed by atoms with E-state index in [1.165, 1.54) is 11.3 Å². The average Bonchev–Trinajstić information content (AvgIpc) is 3.23. The molecule has 1 N–H and O–H groups in total. The highest BCUT2D eigenvalue weighted by Gasteiger charge is 2.07. The van der Waals surface area contributed by atoms with Gasteiger partial charge in [0.25, 0.3) is 0 Å². The molecular weight excluding hydrogens is 370 g/mol. The van der Waals surface area contributed by atoms with Gasteiger partial charge in [-0.15, -0.1) is 15.3 Å². The Morgan fingerprint density at radius 2 is 1.54 bits per heavy atom. The lowest BCUT2D eigenvalue weighted by Gasteiger charge is -2.01. The molecule has 6 nitrogen and oxygen atoms in total. The van der Waals surface area contributed by atoms with E-state index in [2.05, 4.69) is 25.4 Å². The molecule has 1 aromatic heterocycles. The van der Waals surface area contributed by atoms with Crippen LogP contribution >= 0.6 is 11.3 Å². The van der Waals surface area contributed by atoms with Crippen molar-refractivity contribution in [2.24, 2.45) is 15.2 Å². The Hall–Kier alpha value is -3.71. The van der Waals surface area contributed by atoms with E-state index in [1.807, 2.05) is 60.7 Å². The molecule has 0 spiro atoms. The first-order chi connectivity index (χ1) is 13.8. The summed E-state index contributed by atoms with van der Waals surface area (Å²) in [7, 11) is 0. The Morgan fingerprint density at radius 1 is 0.786 bits per heavy atom. The fourth-order valence-electron chi connectivity index (χ4n) is 2.43.